The van der Waals surface area contributed by atoms with Gasteiger partial charge in [-0.25, -0.2) is 9.97 Å². The van der Waals surface area contributed by atoms with Gasteiger partial charge in [0.1, 0.15) is 12.1 Å². The molecular formula is C18H24BrN5O. The molecule has 7 heteroatoms. The summed E-state index contributed by atoms with van der Waals surface area (Å²) in [6, 6.07) is 6.09. The van der Waals surface area contributed by atoms with Crippen LogP contribution in [0, 0.1) is 5.92 Å². The molecule has 1 amide bonds. The normalized spacial score (nSPS) is 16.1. The second-order valence-electron chi connectivity index (χ2n) is 6.63. The maximum Gasteiger partial charge on any atom is 0.233 e. The number of aromatic nitrogens is 2. The van der Waals surface area contributed by atoms with E-state index in [-0.39, 0.29) is 5.91 Å². The number of hydrogen-bond acceptors (Lipinski definition) is 5. The third-order valence-electron chi connectivity index (χ3n) is 4.82. The van der Waals surface area contributed by atoms with Gasteiger partial charge in [0.2, 0.25) is 5.91 Å². The second kappa shape index (κ2) is 8.10. The third kappa shape index (κ3) is 4.46. The van der Waals surface area contributed by atoms with E-state index in [0.717, 1.165) is 53.7 Å². The number of piperidine rings is 1. The molecule has 3 rings (SSSR count). The summed E-state index contributed by atoms with van der Waals surface area (Å²) in [6.07, 6.45) is 3.84. The van der Waals surface area contributed by atoms with Crippen molar-refractivity contribution in [2.24, 2.45) is 5.92 Å². The lowest BCUT2D eigenvalue weighted by Crippen LogP contribution is -2.42. The molecule has 6 nitrogen and oxygen atoms in total. The molecule has 1 aromatic carbocycles. The van der Waals surface area contributed by atoms with E-state index < -0.39 is 0 Å². The number of benzene rings is 1. The minimum Gasteiger partial charge on any atom is -0.359 e. The Bertz CT molecular complexity index is 745. The van der Waals surface area contributed by atoms with Crippen LogP contribution in [0.15, 0.2) is 29.0 Å². The summed E-state index contributed by atoms with van der Waals surface area (Å²) in [5.41, 5.74) is 0.959. The van der Waals surface area contributed by atoms with E-state index in [1.54, 1.807) is 13.4 Å². The lowest BCUT2D eigenvalue weighted by atomic mass is 9.96. The van der Waals surface area contributed by atoms with Crippen LogP contribution in [0.5, 0.6) is 0 Å². The van der Waals surface area contributed by atoms with Crippen LogP contribution in [0.3, 0.4) is 0 Å². The predicted octanol–water partition coefficient (Wildman–Crippen LogP) is 2.29. The Balaban J connectivity index is 1.63. The number of carbonyl (C=O) groups excluding carboxylic acids is 1. The van der Waals surface area contributed by atoms with E-state index in [9.17, 15) is 4.79 Å². The number of fused-ring (bicyclic) bond motifs is 1. The molecule has 1 saturated heterocycles. The highest BCUT2D eigenvalue weighted by Gasteiger charge is 2.22. The summed E-state index contributed by atoms with van der Waals surface area (Å²) in [4.78, 5) is 24.8. The SMILES string of the molecule is CNC(=O)CN1CCC(CN(C)c2ncnc3ccc(Br)cc23)CC1. The van der Waals surface area contributed by atoms with Crippen molar-refractivity contribution >= 4 is 38.6 Å². The number of rotatable bonds is 5. The Morgan fingerprint density at radius 2 is 2.12 bits per heavy atom. The van der Waals surface area contributed by atoms with Crippen LogP contribution in [0.2, 0.25) is 0 Å². The van der Waals surface area contributed by atoms with Crippen LogP contribution in [-0.2, 0) is 4.79 Å². The topological polar surface area (TPSA) is 61.4 Å². The fourth-order valence-electron chi connectivity index (χ4n) is 3.40. The highest BCUT2D eigenvalue weighted by atomic mass is 79.9. The van der Waals surface area contributed by atoms with Crippen LogP contribution in [-0.4, -0.2) is 61.0 Å². The zero-order valence-corrected chi connectivity index (χ0v) is 16.3. The van der Waals surface area contributed by atoms with Crippen molar-refractivity contribution in [1.82, 2.24) is 20.2 Å². The monoisotopic (exact) mass is 405 g/mol. The molecule has 2 heterocycles. The van der Waals surface area contributed by atoms with Crippen molar-refractivity contribution in [2.75, 3.05) is 45.2 Å². The van der Waals surface area contributed by atoms with Crippen molar-refractivity contribution in [2.45, 2.75) is 12.8 Å². The summed E-state index contributed by atoms with van der Waals surface area (Å²) in [6.45, 7) is 3.42. The van der Waals surface area contributed by atoms with E-state index in [2.05, 4.69) is 54.1 Å². The summed E-state index contributed by atoms with van der Waals surface area (Å²) in [7, 11) is 3.79. The third-order valence-corrected chi connectivity index (χ3v) is 5.32. The van der Waals surface area contributed by atoms with E-state index in [1.807, 2.05) is 12.1 Å². The zero-order valence-electron chi connectivity index (χ0n) is 14.7. The number of likely N-dealkylation sites (N-methyl/N-ethyl adjacent to an activating group) is 1. The van der Waals surface area contributed by atoms with Crippen molar-refractivity contribution in [3.05, 3.63) is 29.0 Å². The first-order valence-corrected chi connectivity index (χ1v) is 9.40. The molecule has 25 heavy (non-hydrogen) atoms. The van der Waals surface area contributed by atoms with Crippen LogP contribution < -0.4 is 10.2 Å². The Morgan fingerprint density at radius 1 is 1.36 bits per heavy atom. The summed E-state index contributed by atoms with van der Waals surface area (Å²) in [5.74, 6) is 1.68. The second-order valence-corrected chi connectivity index (χ2v) is 7.55. The molecule has 1 N–H and O–H groups in total. The molecule has 134 valence electrons. The molecule has 0 unspecified atom stereocenters. The standard InChI is InChI=1S/C18H24BrN5O/c1-20-17(25)11-24-7-5-13(6-8-24)10-23(2)18-15-9-14(19)3-4-16(15)21-12-22-18/h3-4,9,12-13H,5-8,10-11H2,1-2H3,(H,20,25). The van der Waals surface area contributed by atoms with Gasteiger partial charge in [0.25, 0.3) is 0 Å². The molecule has 1 aromatic heterocycles. The van der Waals surface area contributed by atoms with Gasteiger partial charge in [-0.15, -0.1) is 0 Å². The number of likely N-dealkylation sites (tertiary alicyclic amines) is 1. The molecule has 0 atom stereocenters. The smallest absolute Gasteiger partial charge is 0.233 e. The fourth-order valence-corrected chi connectivity index (χ4v) is 3.76. The number of nitrogens with zero attached hydrogens (tertiary/aromatic N) is 4. The Morgan fingerprint density at radius 3 is 2.84 bits per heavy atom. The molecule has 0 saturated carbocycles. The van der Waals surface area contributed by atoms with Gasteiger partial charge in [0.15, 0.2) is 0 Å². The van der Waals surface area contributed by atoms with E-state index in [4.69, 9.17) is 0 Å². The predicted molar refractivity (Wildman–Crippen MR) is 104 cm³/mol. The largest absolute Gasteiger partial charge is 0.359 e. The first kappa shape index (κ1) is 18.1. The first-order chi connectivity index (χ1) is 12.1. The van der Waals surface area contributed by atoms with Gasteiger partial charge in [-0.3, -0.25) is 9.69 Å². The molecule has 0 bridgehead atoms. The van der Waals surface area contributed by atoms with Crippen LogP contribution in [0.25, 0.3) is 10.9 Å². The number of amides is 1. The van der Waals surface area contributed by atoms with E-state index in [0.29, 0.717) is 12.5 Å². The molecule has 1 fully saturated rings. The van der Waals surface area contributed by atoms with Gasteiger partial charge in [-0.2, -0.15) is 0 Å². The fraction of sp³-hybridized carbons (Fsp3) is 0.500. The highest BCUT2D eigenvalue weighted by Crippen LogP contribution is 2.27. The number of halogens is 1. The maximum absolute atomic E-state index is 11.5. The molecule has 1 aliphatic rings. The maximum atomic E-state index is 11.5. The molecule has 0 aliphatic carbocycles. The molecule has 0 spiro atoms. The van der Waals surface area contributed by atoms with Gasteiger partial charge in [0.05, 0.1) is 12.1 Å². The van der Waals surface area contributed by atoms with Crippen molar-refractivity contribution in [3.63, 3.8) is 0 Å². The van der Waals surface area contributed by atoms with Crippen LogP contribution in [0.4, 0.5) is 5.82 Å². The van der Waals surface area contributed by atoms with Crippen molar-refractivity contribution in [3.8, 4) is 0 Å². The average molecular weight is 406 g/mol. The average Bonchev–Trinajstić information content (AvgIpc) is 2.62. The number of anilines is 1. The summed E-state index contributed by atoms with van der Waals surface area (Å²) in [5, 5.41) is 3.76. The molecular weight excluding hydrogens is 382 g/mol. The summed E-state index contributed by atoms with van der Waals surface area (Å²) < 4.78 is 1.03. The van der Waals surface area contributed by atoms with E-state index in [1.165, 1.54) is 0 Å². The van der Waals surface area contributed by atoms with Gasteiger partial charge < -0.3 is 10.2 Å². The van der Waals surface area contributed by atoms with Crippen molar-refractivity contribution < 1.29 is 4.79 Å². The Kier molecular flexibility index (Phi) is 5.86. The molecule has 1 aliphatic heterocycles. The quantitative estimate of drug-likeness (QED) is 0.826. The van der Waals surface area contributed by atoms with Gasteiger partial charge in [0, 0.05) is 30.5 Å². The van der Waals surface area contributed by atoms with Crippen LogP contribution >= 0.6 is 15.9 Å². The zero-order chi connectivity index (χ0) is 17.8. The minimum absolute atomic E-state index is 0.0913. The van der Waals surface area contributed by atoms with Crippen molar-refractivity contribution in [1.29, 1.82) is 0 Å². The Hall–Kier alpha value is -1.73. The Labute approximate surface area is 156 Å². The summed E-state index contributed by atoms with van der Waals surface area (Å²) >= 11 is 3.53. The van der Waals surface area contributed by atoms with E-state index >= 15 is 0 Å². The first-order valence-electron chi connectivity index (χ1n) is 8.61. The number of hydrogen-bond donors (Lipinski definition) is 1. The molecule has 0 radical (unpaired) electrons. The lowest BCUT2D eigenvalue weighted by molar-refractivity contribution is -0.122. The number of carbonyl (C=O) groups is 1. The minimum atomic E-state index is 0.0913. The number of nitrogens with one attached hydrogen (secondary N) is 1. The lowest BCUT2D eigenvalue weighted by Gasteiger charge is -2.33. The molecule has 2 aromatic rings. The van der Waals surface area contributed by atoms with Crippen LogP contribution in [0.1, 0.15) is 12.8 Å². The van der Waals surface area contributed by atoms with Gasteiger partial charge >= 0.3 is 0 Å². The van der Waals surface area contributed by atoms with Gasteiger partial charge in [-0.05, 0) is 50.0 Å². The van der Waals surface area contributed by atoms with Gasteiger partial charge in [-0.1, -0.05) is 15.9 Å². The highest BCUT2D eigenvalue weighted by molar-refractivity contribution is 9.10.